The first-order valence-electron chi connectivity index (χ1n) is 5.14. The zero-order valence-electron chi connectivity index (χ0n) is 8.81. The van der Waals surface area contributed by atoms with E-state index in [4.69, 9.17) is 5.73 Å². The Morgan fingerprint density at radius 2 is 2.08 bits per heavy atom. The summed E-state index contributed by atoms with van der Waals surface area (Å²) in [5, 5.41) is 3.22. The van der Waals surface area contributed by atoms with Crippen molar-refractivity contribution in [2.75, 3.05) is 0 Å². The monoisotopic (exact) mass is 188 g/mol. The fourth-order valence-electron chi connectivity index (χ4n) is 2.11. The molecule has 3 unspecified atom stereocenters. The van der Waals surface area contributed by atoms with E-state index in [0.29, 0.717) is 18.9 Å². The number of nitrogens with two attached hydrogens (primary N) is 1. The summed E-state index contributed by atoms with van der Waals surface area (Å²) in [6.45, 7) is 5.99. The van der Waals surface area contributed by atoms with Crippen LogP contribution in [0.4, 0.5) is 4.39 Å². The summed E-state index contributed by atoms with van der Waals surface area (Å²) in [6, 6.07) is 0.307. The minimum Gasteiger partial charge on any atom is -0.328 e. The Balaban J connectivity index is 2.49. The van der Waals surface area contributed by atoms with Crippen LogP contribution in [0.15, 0.2) is 0 Å². The third kappa shape index (κ3) is 2.64. The molecule has 78 valence electrons. The van der Waals surface area contributed by atoms with Crippen LogP contribution in [0.25, 0.3) is 0 Å². The third-order valence-electron chi connectivity index (χ3n) is 2.89. The molecule has 1 rings (SSSR count). The van der Waals surface area contributed by atoms with Gasteiger partial charge in [-0.05, 0) is 26.2 Å². The lowest BCUT2D eigenvalue weighted by Crippen LogP contribution is -2.47. The van der Waals surface area contributed by atoms with Crippen molar-refractivity contribution in [1.29, 1.82) is 0 Å². The van der Waals surface area contributed by atoms with Gasteiger partial charge in [-0.25, -0.2) is 4.39 Å². The Labute approximate surface area is 80.1 Å². The molecule has 0 aromatic carbocycles. The van der Waals surface area contributed by atoms with Crippen molar-refractivity contribution in [1.82, 2.24) is 5.32 Å². The lowest BCUT2D eigenvalue weighted by atomic mass is 9.95. The number of alkyl halides is 1. The first kappa shape index (κ1) is 10.9. The lowest BCUT2D eigenvalue weighted by Gasteiger charge is -2.29. The molecule has 2 nitrogen and oxygen atoms in total. The molecule has 3 N–H and O–H groups in total. The first-order chi connectivity index (χ1) is 5.94. The molecule has 0 heterocycles. The normalized spacial score (nSPS) is 36.9. The molecule has 0 aromatic rings. The quantitative estimate of drug-likeness (QED) is 0.706. The van der Waals surface area contributed by atoms with E-state index in [-0.39, 0.29) is 12.1 Å². The van der Waals surface area contributed by atoms with Crippen LogP contribution in [-0.4, -0.2) is 23.8 Å². The van der Waals surface area contributed by atoms with Gasteiger partial charge in [0.1, 0.15) is 5.67 Å². The maximum absolute atomic E-state index is 14.2. The highest BCUT2D eigenvalue weighted by Crippen LogP contribution is 2.35. The molecule has 1 aliphatic rings. The molecule has 13 heavy (non-hydrogen) atoms. The van der Waals surface area contributed by atoms with Crippen molar-refractivity contribution < 1.29 is 4.39 Å². The SMILES string of the molecule is CC(C)NC(C)C1(F)CCC(N)C1. The fourth-order valence-corrected chi connectivity index (χ4v) is 2.11. The lowest BCUT2D eigenvalue weighted by molar-refractivity contribution is 0.114. The van der Waals surface area contributed by atoms with E-state index in [9.17, 15) is 4.39 Å². The fraction of sp³-hybridized carbons (Fsp3) is 1.00. The average molecular weight is 188 g/mol. The van der Waals surface area contributed by atoms with Crippen LogP contribution in [0.5, 0.6) is 0 Å². The molecule has 1 aliphatic carbocycles. The van der Waals surface area contributed by atoms with Gasteiger partial charge >= 0.3 is 0 Å². The second kappa shape index (κ2) is 3.93. The third-order valence-corrected chi connectivity index (χ3v) is 2.89. The van der Waals surface area contributed by atoms with E-state index in [1.165, 1.54) is 0 Å². The summed E-state index contributed by atoms with van der Waals surface area (Å²) in [7, 11) is 0. The molecule has 3 atom stereocenters. The van der Waals surface area contributed by atoms with Crippen molar-refractivity contribution in [2.24, 2.45) is 5.73 Å². The zero-order chi connectivity index (χ0) is 10.1. The number of nitrogens with one attached hydrogen (secondary N) is 1. The Bertz CT molecular complexity index is 172. The van der Waals surface area contributed by atoms with Crippen LogP contribution >= 0.6 is 0 Å². The second-order valence-corrected chi connectivity index (χ2v) is 4.58. The Hall–Kier alpha value is -0.150. The molecule has 1 fully saturated rings. The number of halogens is 1. The van der Waals surface area contributed by atoms with Gasteiger partial charge < -0.3 is 11.1 Å². The van der Waals surface area contributed by atoms with Crippen molar-refractivity contribution in [2.45, 2.75) is 63.8 Å². The highest BCUT2D eigenvalue weighted by molar-refractivity contribution is 4.98. The summed E-state index contributed by atoms with van der Waals surface area (Å²) in [5.74, 6) is 0. The van der Waals surface area contributed by atoms with Gasteiger partial charge in [0.2, 0.25) is 0 Å². The van der Waals surface area contributed by atoms with Crippen LogP contribution < -0.4 is 11.1 Å². The van der Waals surface area contributed by atoms with E-state index in [1.807, 2.05) is 20.8 Å². The molecule has 0 amide bonds. The number of hydrogen-bond acceptors (Lipinski definition) is 2. The second-order valence-electron chi connectivity index (χ2n) is 4.58. The van der Waals surface area contributed by atoms with Crippen LogP contribution in [0, 0.1) is 0 Å². The highest BCUT2D eigenvalue weighted by atomic mass is 19.1. The Morgan fingerprint density at radius 1 is 1.46 bits per heavy atom. The van der Waals surface area contributed by atoms with Gasteiger partial charge in [-0.1, -0.05) is 13.8 Å². The topological polar surface area (TPSA) is 38.0 Å². The van der Waals surface area contributed by atoms with Gasteiger partial charge in [0.05, 0.1) is 0 Å². The van der Waals surface area contributed by atoms with E-state index in [2.05, 4.69) is 5.32 Å². The number of rotatable bonds is 3. The maximum atomic E-state index is 14.2. The van der Waals surface area contributed by atoms with Gasteiger partial charge in [-0.3, -0.25) is 0 Å². The van der Waals surface area contributed by atoms with Crippen molar-refractivity contribution in [3.8, 4) is 0 Å². The molecule has 0 aliphatic heterocycles. The Kier molecular flexibility index (Phi) is 3.30. The summed E-state index contributed by atoms with van der Waals surface area (Å²) in [6.07, 6.45) is 1.93. The Morgan fingerprint density at radius 3 is 2.46 bits per heavy atom. The molecular formula is C10H21FN2. The predicted octanol–water partition coefficient (Wildman–Crippen LogP) is 1.59. The average Bonchev–Trinajstić information content (AvgIpc) is 2.31. The van der Waals surface area contributed by atoms with Crippen LogP contribution in [0.2, 0.25) is 0 Å². The van der Waals surface area contributed by atoms with Gasteiger partial charge in [-0.15, -0.1) is 0 Å². The van der Waals surface area contributed by atoms with Crippen LogP contribution in [-0.2, 0) is 0 Å². The minimum absolute atomic E-state index is 0.0569. The van der Waals surface area contributed by atoms with E-state index in [1.54, 1.807) is 0 Å². The van der Waals surface area contributed by atoms with Crippen molar-refractivity contribution in [3.05, 3.63) is 0 Å². The standard InChI is InChI=1S/C10H21FN2/c1-7(2)13-8(3)10(11)5-4-9(12)6-10/h7-9,13H,4-6,12H2,1-3H3. The van der Waals surface area contributed by atoms with Gasteiger partial charge in [0.25, 0.3) is 0 Å². The molecule has 0 radical (unpaired) electrons. The van der Waals surface area contributed by atoms with Crippen molar-refractivity contribution >= 4 is 0 Å². The molecule has 1 saturated carbocycles. The molecule has 3 heteroatoms. The maximum Gasteiger partial charge on any atom is 0.127 e. The molecular weight excluding hydrogens is 167 g/mol. The summed E-state index contributed by atoms with van der Waals surface area (Å²) >= 11 is 0. The predicted molar refractivity (Wildman–Crippen MR) is 53.4 cm³/mol. The van der Waals surface area contributed by atoms with Gasteiger partial charge in [0.15, 0.2) is 0 Å². The minimum atomic E-state index is -1.08. The smallest absolute Gasteiger partial charge is 0.127 e. The highest BCUT2D eigenvalue weighted by Gasteiger charge is 2.42. The van der Waals surface area contributed by atoms with Crippen LogP contribution in [0.1, 0.15) is 40.0 Å². The first-order valence-corrected chi connectivity index (χ1v) is 5.14. The summed E-state index contributed by atoms with van der Waals surface area (Å²) in [5.41, 5.74) is 4.63. The number of hydrogen-bond donors (Lipinski definition) is 2. The van der Waals surface area contributed by atoms with Gasteiger partial charge in [0, 0.05) is 18.1 Å². The molecule has 0 saturated heterocycles. The summed E-state index contributed by atoms with van der Waals surface area (Å²) < 4.78 is 14.2. The van der Waals surface area contributed by atoms with Crippen LogP contribution in [0.3, 0.4) is 0 Å². The van der Waals surface area contributed by atoms with E-state index in [0.717, 1.165) is 6.42 Å². The molecule has 0 spiro atoms. The van der Waals surface area contributed by atoms with Gasteiger partial charge in [-0.2, -0.15) is 0 Å². The van der Waals surface area contributed by atoms with Crippen molar-refractivity contribution in [3.63, 3.8) is 0 Å². The zero-order valence-corrected chi connectivity index (χ0v) is 8.81. The van der Waals surface area contributed by atoms with E-state index >= 15 is 0 Å². The molecule has 0 aromatic heterocycles. The summed E-state index contributed by atoms with van der Waals surface area (Å²) in [4.78, 5) is 0. The largest absolute Gasteiger partial charge is 0.328 e. The van der Waals surface area contributed by atoms with E-state index < -0.39 is 5.67 Å². The molecule has 0 bridgehead atoms.